The molecule has 0 spiro atoms. The third-order valence-electron chi connectivity index (χ3n) is 14.6. The number of hydrazine groups is 1. The first-order valence-corrected chi connectivity index (χ1v) is 33.4. The Kier molecular flexibility index (Phi) is 38.8. The number of hydrogen-bond donors (Lipinski definition) is 21. The van der Waals surface area contributed by atoms with Crippen LogP contribution in [0.3, 0.4) is 0 Å². The number of amides is 15. The van der Waals surface area contributed by atoms with Crippen molar-refractivity contribution < 1.29 is 117 Å². The summed E-state index contributed by atoms with van der Waals surface area (Å²) >= 11 is 1.89. The Bertz CT molecular complexity index is 2870. The van der Waals surface area contributed by atoms with Gasteiger partial charge >= 0.3 is 11.9 Å². The van der Waals surface area contributed by atoms with Gasteiger partial charge < -0.3 is 115 Å². The Labute approximate surface area is 576 Å². The molecule has 0 aromatic heterocycles. The van der Waals surface area contributed by atoms with E-state index in [-0.39, 0.29) is 67.5 Å². The Balaban J connectivity index is 2.43. The van der Waals surface area contributed by atoms with E-state index >= 15 is 0 Å². The van der Waals surface area contributed by atoms with Gasteiger partial charge in [0.25, 0.3) is 0 Å². The SMILES string of the molecule is CC(=O)NCSC[C@H](NC(=O)[C@H](CO[C@@H]1O[C@@H](C)[C@@H](O)[C@@H](O)[C@@H]1O)NC(=O)CNC(=O)CNC(=O)[C@H](CC(=O)NN)NC(=O)[C@H](CC(C)C)NC(=O)[C@H](CSCNC(C)=O)NC(=O)[C@@H]1CCCN1C(C)=O)C(=O)N[C@@H](CCCCN)C(=O)N[C@@H](CC(=O)O)C(=O)N[C@@H](CC(=O)O)C(N)=O. The fourth-order valence-corrected chi connectivity index (χ4v) is 11.1. The maximum atomic E-state index is 14.4. The lowest BCUT2D eigenvalue weighted by Crippen LogP contribution is -2.61. The summed E-state index contributed by atoms with van der Waals surface area (Å²) < 4.78 is 11.1. The molecule has 2 aliphatic rings. The third-order valence-corrected chi connectivity index (χ3v) is 16.4. The summed E-state index contributed by atoms with van der Waals surface area (Å²) in [5.74, 6) is -13.5. The normalized spacial score (nSPS) is 19.6. The number of nitrogens with two attached hydrogens (primary N) is 3. The molecule has 2 heterocycles. The fourth-order valence-electron chi connectivity index (χ4n) is 9.34. The Morgan fingerprint density at radius 3 is 1.58 bits per heavy atom. The molecule has 0 aromatic carbocycles. The van der Waals surface area contributed by atoms with Gasteiger partial charge in [-0.3, -0.25) is 86.9 Å². The zero-order valence-corrected chi connectivity index (χ0v) is 57.0. The highest BCUT2D eigenvalue weighted by molar-refractivity contribution is 7.99. The number of ether oxygens (including phenoxy) is 2. The lowest BCUT2D eigenvalue weighted by atomic mass is 10.00. The molecule has 0 aromatic rings. The topological polar surface area (TPSA) is 647 Å². The molecule has 14 atom stereocenters. The number of hydrogen-bond acceptors (Lipinski definition) is 26. The molecular formula is C56H93N17O24S2. The lowest BCUT2D eigenvalue weighted by Gasteiger charge is -2.39. The van der Waals surface area contributed by atoms with Gasteiger partial charge in [-0.2, -0.15) is 0 Å². The Morgan fingerprint density at radius 2 is 1.04 bits per heavy atom. The van der Waals surface area contributed by atoms with E-state index in [9.17, 15) is 107 Å². The van der Waals surface area contributed by atoms with Gasteiger partial charge in [-0.25, -0.2) is 5.84 Å². The van der Waals surface area contributed by atoms with E-state index in [2.05, 4.69) is 58.5 Å². The van der Waals surface area contributed by atoms with Crippen LogP contribution in [0.25, 0.3) is 0 Å². The number of rotatable bonds is 44. The quantitative estimate of drug-likeness (QED) is 0.00885. The zero-order chi connectivity index (χ0) is 74.8. The number of primary amides is 1. The van der Waals surface area contributed by atoms with Crippen LogP contribution in [0.4, 0.5) is 0 Å². The van der Waals surface area contributed by atoms with Crippen molar-refractivity contribution in [1.82, 2.24) is 74.1 Å². The highest BCUT2D eigenvalue weighted by Gasteiger charge is 2.44. The van der Waals surface area contributed by atoms with Crippen molar-refractivity contribution in [1.29, 1.82) is 0 Å². The van der Waals surface area contributed by atoms with Crippen LogP contribution in [-0.2, 0) is 91.0 Å². The summed E-state index contributed by atoms with van der Waals surface area (Å²) in [7, 11) is 0. The average molecular weight is 1450 g/mol. The molecule has 2 rings (SSSR count). The molecule has 0 aliphatic carbocycles. The average Bonchev–Trinajstić information content (AvgIpc) is 1.59. The predicted octanol–water partition coefficient (Wildman–Crippen LogP) is -10.4. The van der Waals surface area contributed by atoms with Crippen LogP contribution >= 0.6 is 23.5 Å². The molecule has 0 unspecified atom stereocenters. The summed E-state index contributed by atoms with van der Waals surface area (Å²) in [6.45, 7) is 5.86. The molecule has 99 heavy (non-hydrogen) atoms. The van der Waals surface area contributed by atoms with Gasteiger partial charge in [0.1, 0.15) is 72.7 Å². The second kappa shape index (κ2) is 44.4. The van der Waals surface area contributed by atoms with Gasteiger partial charge in [0, 0.05) is 38.8 Å². The first-order valence-electron chi connectivity index (χ1n) is 31.1. The van der Waals surface area contributed by atoms with Crippen LogP contribution in [0, 0.1) is 5.92 Å². The predicted molar refractivity (Wildman–Crippen MR) is 345 cm³/mol. The van der Waals surface area contributed by atoms with E-state index in [0.717, 1.165) is 23.5 Å². The Hall–Kier alpha value is -8.59. The number of nitrogens with zero attached hydrogens (tertiary/aromatic N) is 1. The third kappa shape index (κ3) is 32.3. The second-order valence-corrected chi connectivity index (χ2v) is 25.3. The fraction of sp³-hybridized carbons (Fsp3) is 0.696. The van der Waals surface area contributed by atoms with Gasteiger partial charge in [-0.15, -0.1) is 23.5 Å². The van der Waals surface area contributed by atoms with Crippen molar-refractivity contribution in [3.05, 3.63) is 0 Å². The number of aliphatic carboxylic acids is 2. The molecule has 2 aliphatic heterocycles. The maximum Gasteiger partial charge on any atom is 0.305 e. The number of unbranched alkanes of at least 4 members (excludes halogenated alkanes) is 1. The van der Waals surface area contributed by atoms with Crippen LogP contribution in [0.1, 0.15) is 99.3 Å². The van der Waals surface area contributed by atoms with Crippen LogP contribution in [0.5, 0.6) is 0 Å². The zero-order valence-electron chi connectivity index (χ0n) is 55.4. The summed E-state index contributed by atoms with van der Waals surface area (Å²) in [5.41, 5.74) is 12.7. The number of nitrogens with one attached hydrogen (secondary N) is 13. The smallest absolute Gasteiger partial charge is 0.305 e. The van der Waals surface area contributed by atoms with E-state index in [1.54, 1.807) is 13.8 Å². The minimum atomic E-state index is -2.01. The summed E-state index contributed by atoms with van der Waals surface area (Å²) in [5, 5.41) is 78.3. The van der Waals surface area contributed by atoms with Gasteiger partial charge in [0.15, 0.2) is 6.29 Å². The first kappa shape index (κ1) is 86.5. The molecule has 558 valence electrons. The van der Waals surface area contributed by atoms with Crippen molar-refractivity contribution in [3.8, 4) is 0 Å². The van der Waals surface area contributed by atoms with Crippen LogP contribution < -0.4 is 86.5 Å². The highest BCUT2D eigenvalue weighted by Crippen LogP contribution is 2.23. The molecule has 24 N–H and O–H groups in total. The van der Waals surface area contributed by atoms with E-state index in [1.807, 2.05) is 10.7 Å². The number of aliphatic hydroxyl groups excluding tert-OH is 3. The molecule has 2 saturated heterocycles. The molecule has 0 radical (unpaired) electrons. The van der Waals surface area contributed by atoms with Crippen LogP contribution in [-0.4, -0.2) is 272 Å². The largest absolute Gasteiger partial charge is 0.481 e. The van der Waals surface area contributed by atoms with E-state index in [1.165, 1.54) is 32.6 Å². The number of carboxylic acids is 2. The Morgan fingerprint density at radius 1 is 0.556 bits per heavy atom. The van der Waals surface area contributed by atoms with E-state index in [4.69, 9.17) is 26.8 Å². The molecule has 43 heteroatoms. The monoisotopic (exact) mass is 1450 g/mol. The minimum Gasteiger partial charge on any atom is -0.481 e. The van der Waals surface area contributed by atoms with Crippen molar-refractivity contribution in [3.63, 3.8) is 0 Å². The minimum absolute atomic E-state index is 0.0272. The van der Waals surface area contributed by atoms with Gasteiger partial charge in [-0.05, 0) is 57.9 Å². The molecular weight excluding hydrogens is 1360 g/mol. The standard InChI is InChI=1S/C56H93N17O24S2/c1-25(2)14-32(67-54(94)37(22-99-24-63-28(5)75)71-55(95)38-11-9-13-73(38)29(6)76)50(90)68-33(15-39(77)72-59)48(88)61-18-40(78)60-19-41(79)64-35(20-96-56-46(86)45(85)44(84)26(3)97-56)52(92)70-36(21-98-23-62-27(4)74)53(93)65-30(10-7-8-12-57)49(89)69-34(17-43(82)83)51(91)66-31(47(58)87)16-42(80)81/h25-26,30-38,44-46,56,84-86H,7-24,57,59H2,1-6H3,(H2,58,87)(H,60,78)(H,61,88)(H,62,74)(H,63,75)(H,64,79)(H,65,93)(H,66,91)(H,67,94)(H,68,90)(H,69,89)(H,70,92)(H,71,95)(H,72,77)(H,80,81)(H,82,83)/t26-,30-,31-,32-,33-,34-,35-,36-,37-,38-,44+,45+,46-,56+/m0/s1. The van der Waals surface area contributed by atoms with Crippen molar-refractivity contribution in [2.24, 2.45) is 23.2 Å². The molecule has 0 bridgehead atoms. The summed E-state index contributed by atoms with van der Waals surface area (Å²) in [6, 6.07) is -14.7. The summed E-state index contributed by atoms with van der Waals surface area (Å²) in [6.07, 6.45) is -10.6. The number of likely N-dealkylation sites (tertiary alicyclic amines) is 1. The number of carboxylic acid groups (broad SMARTS) is 2. The second-order valence-electron chi connectivity index (χ2n) is 23.2. The van der Waals surface area contributed by atoms with Gasteiger partial charge in [-0.1, -0.05) is 13.8 Å². The highest BCUT2D eigenvalue weighted by atomic mass is 32.2. The van der Waals surface area contributed by atoms with Gasteiger partial charge in [0.2, 0.25) is 88.6 Å². The lowest BCUT2D eigenvalue weighted by molar-refractivity contribution is -0.293. The van der Waals surface area contributed by atoms with Crippen LogP contribution in [0.15, 0.2) is 0 Å². The van der Waals surface area contributed by atoms with Gasteiger partial charge in [0.05, 0.1) is 56.8 Å². The molecule has 15 amide bonds. The molecule has 41 nitrogen and oxygen atoms in total. The van der Waals surface area contributed by atoms with Crippen molar-refractivity contribution in [2.75, 3.05) is 56.0 Å². The number of aliphatic hydroxyl groups is 3. The van der Waals surface area contributed by atoms with E-state index in [0.29, 0.717) is 19.4 Å². The van der Waals surface area contributed by atoms with Crippen molar-refractivity contribution in [2.45, 2.75) is 184 Å². The summed E-state index contributed by atoms with van der Waals surface area (Å²) in [4.78, 5) is 223. The van der Waals surface area contributed by atoms with E-state index < -0.39 is 219 Å². The maximum absolute atomic E-state index is 14.4. The molecule has 2 fully saturated rings. The number of carbonyl (C=O) groups is 17. The van der Waals surface area contributed by atoms with Crippen LogP contribution in [0.2, 0.25) is 0 Å². The van der Waals surface area contributed by atoms with Crippen molar-refractivity contribution >= 4 is 124 Å². The molecule has 0 saturated carbocycles. The first-order chi connectivity index (χ1) is 46.5. The number of carbonyl (C=O) groups excluding carboxylic acids is 15. The number of thioether (sulfide) groups is 2.